The highest BCUT2D eigenvalue weighted by atomic mass is 16.6. The first-order valence-electron chi connectivity index (χ1n) is 14.0. The number of hydrogen-bond donors (Lipinski definition) is 8. The van der Waals surface area contributed by atoms with Crippen molar-refractivity contribution in [2.45, 2.75) is 45.8 Å². The average Bonchev–Trinajstić information content (AvgIpc) is 2.98. The van der Waals surface area contributed by atoms with E-state index in [2.05, 4.69) is 45.7 Å². The summed E-state index contributed by atoms with van der Waals surface area (Å²) in [6.07, 6.45) is 1.27. The summed E-state index contributed by atoms with van der Waals surface area (Å²) >= 11 is 0. The van der Waals surface area contributed by atoms with Crippen molar-refractivity contribution in [3.63, 3.8) is 0 Å². The third-order valence-corrected chi connectivity index (χ3v) is 5.29. The van der Waals surface area contributed by atoms with Gasteiger partial charge >= 0.3 is 12.1 Å². The van der Waals surface area contributed by atoms with E-state index in [1.807, 2.05) is 0 Å². The third kappa shape index (κ3) is 19.3. The molecule has 1 atom stereocenters. The quantitative estimate of drug-likeness (QED) is 0.100. The molecule has 0 bridgehead atoms. The largest absolute Gasteiger partial charge is 0.445 e. The third-order valence-electron chi connectivity index (χ3n) is 5.29. The van der Waals surface area contributed by atoms with E-state index in [0.29, 0.717) is 30.8 Å². The van der Waals surface area contributed by atoms with Crippen molar-refractivity contribution in [3.05, 3.63) is 29.8 Å². The van der Waals surface area contributed by atoms with E-state index in [1.165, 1.54) is 11.3 Å². The molecule has 1 aromatic carbocycles. The molecule has 0 aliphatic rings. The molecule has 0 spiro atoms. The Morgan fingerprint density at radius 3 is 2.09 bits per heavy atom. The zero-order valence-electron chi connectivity index (χ0n) is 25.4. The topological polar surface area (TPSA) is 239 Å². The molecule has 7 amide bonds. The number of ether oxygens (including phenoxy) is 1. The van der Waals surface area contributed by atoms with Gasteiger partial charge in [-0.15, -0.1) is 0 Å². The van der Waals surface area contributed by atoms with Crippen LogP contribution in [0, 0.1) is 0 Å². The molecule has 0 heterocycles. The second-order valence-corrected chi connectivity index (χ2v) is 9.28. The van der Waals surface area contributed by atoms with Crippen LogP contribution in [0.2, 0.25) is 0 Å². The fourth-order valence-corrected chi connectivity index (χ4v) is 3.06. The number of likely N-dealkylation sites (N-methyl/N-ethyl adjacent to an activating group) is 2. The smallest absolute Gasteiger partial charge is 0.409 e. The Hall–Kier alpha value is -4.44. The molecule has 10 N–H and O–H groups in total. The average molecular weight is 610 g/mol. The molecule has 16 heteroatoms. The molecule has 43 heavy (non-hydrogen) atoms. The number of nitrogens with one attached hydrogen (secondary N) is 6. The van der Waals surface area contributed by atoms with Gasteiger partial charge in [-0.25, -0.2) is 9.59 Å². The predicted molar refractivity (Wildman–Crippen MR) is 162 cm³/mol. The molecule has 242 valence electrons. The summed E-state index contributed by atoms with van der Waals surface area (Å²) in [7, 11) is 3.42. The van der Waals surface area contributed by atoms with E-state index in [-0.39, 0.29) is 32.7 Å². The van der Waals surface area contributed by atoms with Crippen LogP contribution in [0.5, 0.6) is 0 Å². The predicted octanol–water partition coefficient (Wildman–Crippen LogP) is -1.05. The van der Waals surface area contributed by atoms with Crippen molar-refractivity contribution in [2.24, 2.45) is 11.5 Å². The van der Waals surface area contributed by atoms with Gasteiger partial charge in [0.15, 0.2) is 0 Å². The van der Waals surface area contributed by atoms with Gasteiger partial charge in [0, 0.05) is 32.4 Å². The SMILES string of the molecule is CCC.CNCCN(C)C(=O)OCc1ccc(NC(=O)C(CCCNC(N)=O)NC(=O)CNC(=O)CNC(=O)CN)cc1. The Bertz CT molecular complexity index is 1020. The number of hydrogen-bond acceptors (Lipinski definition) is 9. The lowest BCUT2D eigenvalue weighted by molar-refractivity contribution is -0.128. The molecule has 0 radical (unpaired) electrons. The van der Waals surface area contributed by atoms with E-state index < -0.39 is 48.3 Å². The number of primary amides is 1. The number of carbonyl (C=O) groups is 6. The van der Waals surface area contributed by atoms with Gasteiger partial charge in [0.25, 0.3) is 0 Å². The van der Waals surface area contributed by atoms with Crippen molar-refractivity contribution < 1.29 is 33.5 Å². The molecule has 0 fully saturated rings. The number of nitrogens with zero attached hydrogens (tertiary/aromatic N) is 1. The maximum absolute atomic E-state index is 12.9. The van der Waals surface area contributed by atoms with Crippen LogP contribution in [0.15, 0.2) is 24.3 Å². The standard InChI is InChI=1S/C24H39N9O7.C3H8/c1-27-10-11-33(2)24(39)40-15-16-5-7-17(8-6-16)31-22(37)18(4-3-9-28-23(26)38)32-21(36)14-30-20(35)13-29-19(34)12-25;1-3-2/h5-8,18,27H,3-4,9-15,25H2,1-2H3,(H,29,34)(H,30,35)(H,31,37)(H,32,36)(H3,26,28,38);3H2,1-2H3. The lowest BCUT2D eigenvalue weighted by atomic mass is 10.1. The number of benzene rings is 1. The number of urea groups is 1. The minimum absolute atomic E-state index is 0.0458. The summed E-state index contributed by atoms with van der Waals surface area (Å²) in [6, 6.07) is 4.89. The molecular weight excluding hydrogens is 562 g/mol. The van der Waals surface area contributed by atoms with Crippen molar-refractivity contribution >= 4 is 41.4 Å². The minimum Gasteiger partial charge on any atom is -0.445 e. The van der Waals surface area contributed by atoms with E-state index in [9.17, 15) is 28.8 Å². The van der Waals surface area contributed by atoms with Crippen molar-refractivity contribution in [2.75, 3.05) is 58.7 Å². The molecule has 0 aliphatic heterocycles. The maximum Gasteiger partial charge on any atom is 0.409 e. The van der Waals surface area contributed by atoms with Gasteiger partial charge < -0.3 is 53.0 Å². The second-order valence-electron chi connectivity index (χ2n) is 9.28. The molecule has 1 rings (SSSR count). The van der Waals surface area contributed by atoms with Gasteiger partial charge in [0.2, 0.25) is 23.6 Å². The van der Waals surface area contributed by atoms with Gasteiger partial charge in [0.05, 0.1) is 19.6 Å². The van der Waals surface area contributed by atoms with Crippen molar-refractivity contribution in [3.8, 4) is 0 Å². The van der Waals surface area contributed by atoms with Crippen molar-refractivity contribution in [1.29, 1.82) is 0 Å². The van der Waals surface area contributed by atoms with Gasteiger partial charge in [-0.1, -0.05) is 32.4 Å². The summed E-state index contributed by atoms with van der Waals surface area (Å²) in [6.45, 7) is 4.55. The van der Waals surface area contributed by atoms with Crippen LogP contribution in [-0.2, 0) is 30.5 Å². The number of rotatable bonds is 17. The van der Waals surface area contributed by atoms with Crippen LogP contribution in [0.4, 0.5) is 15.3 Å². The molecule has 1 unspecified atom stereocenters. The fraction of sp³-hybridized carbons (Fsp3) is 0.556. The van der Waals surface area contributed by atoms with Gasteiger partial charge in [-0.05, 0) is 37.6 Å². The van der Waals surface area contributed by atoms with E-state index in [0.717, 1.165) is 0 Å². The molecule has 0 saturated heterocycles. The van der Waals surface area contributed by atoms with E-state index >= 15 is 0 Å². The second kappa shape index (κ2) is 23.2. The molecule has 16 nitrogen and oxygen atoms in total. The lowest BCUT2D eigenvalue weighted by Gasteiger charge is -2.19. The highest BCUT2D eigenvalue weighted by Gasteiger charge is 2.21. The number of amides is 7. The zero-order valence-corrected chi connectivity index (χ0v) is 25.4. The minimum atomic E-state index is -0.996. The summed E-state index contributed by atoms with van der Waals surface area (Å²) in [5.74, 6) is -2.31. The van der Waals surface area contributed by atoms with Crippen LogP contribution in [0.1, 0.15) is 38.7 Å². The zero-order chi connectivity index (χ0) is 32.6. The number of anilines is 1. The first kappa shape index (κ1) is 38.6. The number of carbonyl (C=O) groups excluding carboxylic acids is 6. The monoisotopic (exact) mass is 609 g/mol. The summed E-state index contributed by atoms with van der Waals surface area (Å²) in [5.41, 5.74) is 11.3. The van der Waals surface area contributed by atoms with Crippen LogP contribution >= 0.6 is 0 Å². The van der Waals surface area contributed by atoms with Gasteiger partial charge in [0.1, 0.15) is 12.6 Å². The Morgan fingerprint density at radius 2 is 1.51 bits per heavy atom. The Morgan fingerprint density at radius 1 is 0.907 bits per heavy atom. The summed E-state index contributed by atoms with van der Waals surface area (Å²) in [5, 5.41) is 15.2. The summed E-state index contributed by atoms with van der Waals surface area (Å²) < 4.78 is 5.26. The Labute approximate surface area is 252 Å². The Balaban J connectivity index is 0.00000562. The first-order valence-corrected chi connectivity index (χ1v) is 14.0. The molecule has 0 saturated carbocycles. The maximum atomic E-state index is 12.9. The van der Waals surface area contributed by atoms with Crippen LogP contribution in [-0.4, -0.2) is 100 Å². The lowest BCUT2D eigenvalue weighted by Crippen LogP contribution is -2.49. The Kier molecular flexibility index (Phi) is 20.8. The highest BCUT2D eigenvalue weighted by Crippen LogP contribution is 2.12. The van der Waals surface area contributed by atoms with Crippen LogP contribution in [0.25, 0.3) is 0 Å². The van der Waals surface area contributed by atoms with E-state index in [1.54, 1.807) is 38.4 Å². The first-order chi connectivity index (χ1) is 20.5. The molecule has 0 aromatic heterocycles. The molecule has 1 aromatic rings. The molecular formula is C27H47N9O7. The highest BCUT2D eigenvalue weighted by molar-refractivity contribution is 5.98. The van der Waals surface area contributed by atoms with Crippen LogP contribution in [0.3, 0.4) is 0 Å². The van der Waals surface area contributed by atoms with Gasteiger partial charge in [-0.2, -0.15) is 0 Å². The van der Waals surface area contributed by atoms with Crippen molar-refractivity contribution in [1.82, 2.24) is 31.5 Å². The fourth-order valence-electron chi connectivity index (χ4n) is 3.06. The summed E-state index contributed by atoms with van der Waals surface area (Å²) in [4.78, 5) is 72.6. The van der Waals surface area contributed by atoms with Gasteiger partial charge in [-0.3, -0.25) is 19.2 Å². The van der Waals surface area contributed by atoms with Crippen LogP contribution < -0.4 is 43.4 Å². The number of nitrogens with two attached hydrogens (primary N) is 2. The molecule has 0 aliphatic carbocycles. The van der Waals surface area contributed by atoms with E-state index in [4.69, 9.17) is 16.2 Å². The normalized spacial score (nSPS) is 10.6.